The molecule has 1 aliphatic heterocycles. The lowest BCUT2D eigenvalue weighted by Crippen LogP contribution is -2.50. The second-order valence-corrected chi connectivity index (χ2v) is 6.72. The second kappa shape index (κ2) is 6.80. The molecule has 1 aromatic heterocycles. The number of carbonyl (C=O) groups excluding carboxylic acids is 1. The number of carbonyl (C=O) groups is 1. The molecule has 0 N–H and O–H groups in total. The fourth-order valence-corrected chi connectivity index (χ4v) is 3.62. The van der Waals surface area contributed by atoms with E-state index in [1.165, 1.54) is 16.7 Å². The molecular weight excluding hydrogens is 314 g/mol. The molecule has 0 bridgehead atoms. The van der Waals surface area contributed by atoms with Gasteiger partial charge in [-0.15, -0.1) is 0 Å². The summed E-state index contributed by atoms with van der Waals surface area (Å²) in [5.74, 6) is 0.274. The number of aromatic nitrogens is 3. The molecule has 2 heterocycles. The van der Waals surface area contributed by atoms with Gasteiger partial charge in [-0.3, -0.25) is 14.4 Å². The predicted octanol–water partition coefficient (Wildman–Crippen LogP) is 1.53. The third-order valence-electron chi connectivity index (χ3n) is 5.19. The topological polar surface area (TPSA) is 54.3 Å². The Bertz CT molecular complexity index is 760. The maximum atomic E-state index is 12.8. The Morgan fingerprint density at radius 2 is 1.88 bits per heavy atom. The number of rotatable bonds is 5. The largest absolute Gasteiger partial charge is 0.339 e. The van der Waals surface area contributed by atoms with Crippen molar-refractivity contribution < 1.29 is 4.79 Å². The highest BCUT2D eigenvalue weighted by Gasteiger charge is 2.42. The summed E-state index contributed by atoms with van der Waals surface area (Å²) in [6.45, 7) is 7.33. The summed E-state index contributed by atoms with van der Waals surface area (Å²) in [5.41, 5.74) is 3.63. The molecule has 4 rings (SSSR count). The third kappa shape index (κ3) is 3.35. The summed E-state index contributed by atoms with van der Waals surface area (Å²) in [7, 11) is 0. The van der Waals surface area contributed by atoms with Crippen molar-refractivity contribution in [2.45, 2.75) is 13.5 Å². The third-order valence-corrected chi connectivity index (χ3v) is 5.19. The Morgan fingerprint density at radius 1 is 1.12 bits per heavy atom. The van der Waals surface area contributed by atoms with Crippen molar-refractivity contribution in [2.75, 3.05) is 32.7 Å². The highest BCUT2D eigenvalue weighted by atomic mass is 16.2. The summed E-state index contributed by atoms with van der Waals surface area (Å²) in [6, 6.07) is 10.3. The molecule has 2 aliphatic rings. The van der Waals surface area contributed by atoms with Crippen LogP contribution >= 0.6 is 0 Å². The van der Waals surface area contributed by atoms with E-state index < -0.39 is 0 Å². The van der Waals surface area contributed by atoms with Gasteiger partial charge in [0, 0.05) is 32.7 Å². The van der Waals surface area contributed by atoms with Crippen molar-refractivity contribution in [3.05, 3.63) is 54.1 Å². The molecule has 1 fully saturated rings. The molecule has 6 heteroatoms. The number of hydrogen-bond donors (Lipinski definition) is 0. The predicted molar refractivity (Wildman–Crippen MR) is 95.6 cm³/mol. The van der Waals surface area contributed by atoms with Gasteiger partial charge in [-0.05, 0) is 18.1 Å². The minimum Gasteiger partial charge on any atom is -0.339 e. The van der Waals surface area contributed by atoms with E-state index in [0.29, 0.717) is 0 Å². The lowest BCUT2D eigenvalue weighted by atomic mass is 10.1. The van der Waals surface area contributed by atoms with E-state index in [-0.39, 0.29) is 11.8 Å². The molecular formula is C19H23N5O. The van der Waals surface area contributed by atoms with Crippen LogP contribution in [0, 0.1) is 5.92 Å². The molecule has 0 saturated carbocycles. The number of piperazine rings is 1. The van der Waals surface area contributed by atoms with Crippen LogP contribution in [0.3, 0.4) is 0 Å². The van der Waals surface area contributed by atoms with E-state index >= 15 is 0 Å². The van der Waals surface area contributed by atoms with Gasteiger partial charge in [0.2, 0.25) is 5.91 Å². The lowest BCUT2D eigenvalue weighted by Gasteiger charge is -2.35. The molecule has 130 valence electrons. The van der Waals surface area contributed by atoms with E-state index in [1.54, 1.807) is 12.7 Å². The summed E-state index contributed by atoms with van der Waals surface area (Å²) in [6.07, 6.45) is 3.30. The number of nitrogens with zero attached hydrogens (tertiary/aromatic N) is 5. The Kier molecular flexibility index (Phi) is 4.36. The first-order valence-electron chi connectivity index (χ1n) is 8.83. The van der Waals surface area contributed by atoms with Crippen LogP contribution < -0.4 is 0 Å². The highest BCUT2D eigenvalue weighted by Crippen LogP contribution is 2.47. The van der Waals surface area contributed by atoms with E-state index in [1.807, 2.05) is 27.8 Å². The quantitative estimate of drug-likeness (QED) is 0.830. The van der Waals surface area contributed by atoms with E-state index in [4.69, 9.17) is 0 Å². The van der Waals surface area contributed by atoms with Crippen LogP contribution in [0.5, 0.6) is 0 Å². The molecule has 1 aromatic carbocycles. The molecule has 2 aromatic rings. The molecule has 1 aliphatic carbocycles. The normalized spacial score (nSPS) is 20.8. The first-order valence-corrected chi connectivity index (χ1v) is 8.83. The van der Waals surface area contributed by atoms with Crippen molar-refractivity contribution in [1.29, 1.82) is 0 Å². The molecule has 1 atom stereocenters. The summed E-state index contributed by atoms with van der Waals surface area (Å²) in [4.78, 5) is 21.2. The van der Waals surface area contributed by atoms with Crippen LogP contribution in [0.15, 0.2) is 48.6 Å². The fourth-order valence-electron chi connectivity index (χ4n) is 3.62. The molecule has 25 heavy (non-hydrogen) atoms. The molecule has 0 radical (unpaired) electrons. The van der Waals surface area contributed by atoms with Gasteiger partial charge < -0.3 is 4.90 Å². The zero-order chi connectivity index (χ0) is 17.2. The Morgan fingerprint density at radius 3 is 2.56 bits per heavy atom. The second-order valence-electron chi connectivity index (χ2n) is 6.72. The summed E-state index contributed by atoms with van der Waals surface area (Å²) in [5, 5.41) is 4.13. The zero-order valence-corrected chi connectivity index (χ0v) is 14.5. The lowest BCUT2D eigenvalue weighted by molar-refractivity contribution is -0.133. The standard InChI is InChI=1S/C19H23N5O/c1-15-17(16-5-3-2-4-6-16)18(15)19(25)23-10-7-22(8-11-23)9-12-24-14-20-13-21-24/h2-6,13-14,18H,7-12H2,1H3. The van der Waals surface area contributed by atoms with Gasteiger partial charge in [-0.1, -0.05) is 35.9 Å². The van der Waals surface area contributed by atoms with Gasteiger partial charge in [-0.25, -0.2) is 4.98 Å². The first kappa shape index (κ1) is 16.0. The molecule has 1 unspecified atom stereocenters. The van der Waals surface area contributed by atoms with E-state index in [2.05, 4.69) is 34.0 Å². The number of amides is 1. The van der Waals surface area contributed by atoms with Crippen LogP contribution in [-0.4, -0.2) is 63.2 Å². The zero-order valence-electron chi connectivity index (χ0n) is 14.5. The Labute approximate surface area is 147 Å². The van der Waals surface area contributed by atoms with E-state index in [9.17, 15) is 4.79 Å². The van der Waals surface area contributed by atoms with Gasteiger partial charge in [0.1, 0.15) is 12.7 Å². The van der Waals surface area contributed by atoms with E-state index in [0.717, 1.165) is 39.3 Å². The molecule has 0 spiro atoms. The van der Waals surface area contributed by atoms with Gasteiger partial charge >= 0.3 is 0 Å². The SMILES string of the molecule is CC1=C(c2ccccc2)C1C(=O)N1CCN(CCn2cncn2)CC1. The molecule has 6 nitrogen and oxygen atoms in total. The van der Waals surface area contributed by atoms with Crippen LogP contribution in [-0.2, 0) is 11.3 Å². The van der Waals surface area contributed by atoms with Crippen molar-refractivity contribution >= 4 is 11.5 Å². The van der Waals surface area contributed by atoms with Crippen LogP contribution in [0.25, 0.3) is 5.57 Å². The fraction of sp³-hybridized carbons (Fsp3) is 0.421. The number of benzene rings is 1. The van der Waals surface area contributed by atoms with Crippen molar-refractivity contribution in [3.8, 4) is 0 Å². The molecule has 1 saturated heterocycles. The summed E-state index contributed by atoms with van der Waals surface area (Å²) >= 11 is 0. The minimum absolute atomic E-state index is 0.00380. The van der Waals surface area contributed by atoms with Crippen molar-refractivity contribution in [2.24, 2.45) is 5.92 Å². The maximum Gasteiger partial charge on any atom is 0.234 e. The van der Waals surface area contributed by atoms with Crippen molar-refractivity contribution in [1.82, 2.24) is 24.6 Å². The average Bonchev–Trinajstić information content (AvgIpc) is 3.06. The monoisotopic (exact) mass is 337 g/mol. The van der Waals surface area contributed by atoms with Crippen LogP contribution in [0.4, 0.5) is 0 Å². The Hall–Kier alpha value is -2.47. The molecule has 1 amide bonds. The van der Waals surface area contributed by atoms with Gasteiger partial charge in [0.25, 0.3) is 0 Å². The summed E-state index contributed by atoms with van der Waals surface area (Å²) < 4.78 is 1.85. The van der Waals surface area contributed by atoms with Gasteiger partial charge in [0.05, 0.1) is 12.5 Å². The smallest absolute Gasteiger partial charge is 0.234 e. The highest BCUT2D eigenvalue weighted by molar-refractivity contribution is 6.05. The number of hydrogen-bond acceptors (Lipinski definition) is 4. The van der Waals surface area contributed by atoms with Crippen molar-refractivity contribution in [3.63, 3.8) is 0 Å². The average molecular weight is 337 g/mol. The Balaban J connectivity index is 1.28. The van der Waals surface area contributed by atoms with Crippen LogP contribution in [0.2, 0.25) is 0 Å². The first-order chi connectivity index (χ1) is 12.2. The van der Waals surface area contributed by atoms with Crippen LogP contribution in [0.1, 0.15) is 12.5 Å². The minimum atomic E-state index is 0.00380. The maximum absolute atomic E-state index is 12.8. The van der Waals surface area contributed by atoms with Gasteiger partial charge in [-0.2, -0.15) is 5.10 Å². The van der Waals surface area contributed by atoms with Gasteiger partial charge in [0.15, 0.2) is 0 Å².